The van der Waals surface area contributed by atoms with Gasteiger partial charge in [-0.25, -0.2) is 21.6 Å². The highest BCUT2D eigenvalue weighted by atomic mass is 32.2. The number of fused-ring (bicyclic) bond motifs is 4. The molecule has 9 heteroatoms. The molecule has 5 nitrogen and oxygen atoms in total. The first-order valence-corrected chi connectivity index (χ1v) is 12.0. The summed E-state index contributed by atoms with van der Waals surface area (Å²) in [5.74, 6) is -5.71. The Balaban J connectivity index is 1.63. The van der Waals surface area contributed by atoms with Gasteiger partial charge in [0.25, 0.3) is 5.92 Å². The van der Waals surface area contributed by atoms with E-state index in [1.54, 1.807) is 6.07 Å². The lowest BCUT2D eigenvalue weighted by atomic mass is 9.93. The Hall–Kier alpha value is -2.81. The van der Waals surface area contributed by atoms with Crippen molar-refractivity contribution in [3.63, 3.8) is 0 Å². The Bertz CT molecular complexity index is 1380. The number of aromatic nitrogens is 1. The molecule has 2 aliphatic heterocycles. The van der Waals surface area contributed by atoms with Crippen molar-refractivity contribution in [2.45, 2.75) is 43.0 Å². The normalized spacial score (nSPS) is 21.2. The molecular formula is C23H20F3NO4S. The summed E-state index contributed by atoms with van der Waals surface area (Å²) >= 11 is 0. The quantitative estimate of drug-likeness (QED) is 0.629. The van der Waals surface area contributed by atoms with Crippen molar-refractivity contribution in [2.24, 2.45) is 5.92 Å². The van der Waals surface area contributed by atoms with Gasteiger partial charge in [0, 0.05) is 35.1 Å². The second kappa shape index (κ2) is 7.10. The number of nitrogens with zero attached hydrogens (tertiary/aromatic N) is 1. The predicted octanol–water partition coefficient (Wildman–Crippen LogP) is 4.29. The molecule has 1 atom stereocenters. The minimum Gasteiger partial charge on any atom is -0.481 e. The molecule has 168 valence electrons. The topological polar surface area (TPSA) is 76.4 Å². The molecule has 0 spiro atoms. The minimum atomic E-state index is -3.75. The standard InChI is InChI=1S/C23H20F3NO4S/c24-15-3-5-20-17(11-15)16(19-4-2-14(22(28)29)12-27(19)20)9-13-1-6-21-18(10-13)23(25,26)7-8-32(21,30)31/h1,3,5-6,10-11,14H,2,4,7-9,12H2,(H,28,29). The second-order valence-corrected chi connectivity index (χ2v) is 10.6. The van der Waals surface area contributed by atoms with E-state index >= 15 is 0 Å². The lowest BCUT2D eigenvalue weighted by molar-refractivity contribution is -0.142. The third kappa shape index (κ3) is 3.30. The summed E-state index contributed by atoms with van der Waals surface area (Å²) in [4.78, 5) is 11.2. The molecule has 3 heterocycles. The molecule has 1 unspecified atom stereocenters. The van der Waals surface area contributed by atoms with Crippen molar-refractivity contribution < 1.29 is 31.5 Å². The Labute approximate surface area is 182 Å². The SMILES string of the molecule is O=C(O)C1CCc2c(Cc3ccc4c(c3)C(F)(F)CCS4(=O)=O)c3cc(F)ccc3n2C1. The maximum atomic E-state index is 14.5. The highest BCUT2D eigenvalue weighted by Crippen LogP contribution is 2.42. The van der Waals surface area contributed by atoms with Crippen LogP contribution in [0.3, 0.4) is 0 Å². The van der Waals surface area contributed by atoms with E-state index < -0.39 is 51.2 Å². The number of rotatable bonds is 3. The van der Waals surface area contributed by atoms with Crippen molar-refractivity contribution in [3.05, 3.63) is 64.6 Å². The van der Waals surface area contributed by atoms with Crippen LogP contribution in [0, 0.1) is 11.7 Å². The van der Waals surface area contributed by atoms with Crippen molar-refractivity contribution in [3.8, 4) is 0 Å². The van der Waals surface area contributed by atoms with Crippen LogP contribution in [-0.2, 0) is 39.9 Å². The molecule has 0 radical (unpaired) electrons. The molecule has 0 amide bonds. The number of carboxylic acids is 1. The number of hydrogen-bond donors (Lipinski definition) is 1. The van der Waals surface area contributed by atoms with E-state index in [2.05, 4.69) is 0 Å². The van der Waals surface area contributed by atoms with Crippen LogP contribution >= 0.6 is 0 Å². The summed E-state index contributed by atoms with van der Waals surface area (Å²) in [6.07, 6.45) is 0.362. The fourth-order valence-electron chi connectivity index (χ4n) is 4.92. The monoisotopic (exact) mass is 463 g/mol. The highest BCUT2D eigenvalue weighted by Gasteiger charge is 2.43. The first-order chi connectivity index (χ1) is 15.1. The number of hydrogen-bond acceptors (Lipinski definition) is 3. The van der Waals surface area contributed by atoms with Crippen molar-refractivity contribution >= 4 is 26.7 Å². The molecular weight excluding hydrogens is 443 g/mol. The van der Waals surface area contributed by atoms with Gasteiger partial charge in [-0.1, -0.05) is 6.07 Å². The number of alkyl halides is 2. The van der Waals surface area contributed by atoms with Gasteiger partial charge in [0.2, 0.25) is 0 Å². The smallest absolute Gasteiger partial charge is 0.308 e. The molecule has 1 N–H and O–H groups in total. The van der Waals surface area contributed by atoms with Gasteiger partial charge in [-0.3, -0.25) is 4.79 Å². The molecule has 0 saturated heterocycles. The first kappa shape index (κ1) is 21.1. The second-order valence-electron chi connectivity index (χ2n) is 8.55. The molecule has 2 aliphatic rings. The lowest BCUT2D eigenvalue weighted by Gasteiger charge is -2.26. The molecule has 0 bridgehead atoms. The third-order valence-corrected chi connectivity index (χ3v) is 8.34. The van der Waals surface area contributed by atoms with Crippen LogP contribution < -0.4 is 0 Å². The minimum absolute atomic E-state index is 0.212. The zero-order valence-electron chi connectivity index (χ0n) is 16.9. The molecule has 0 aliphatic carbocycles. The zero-order chi connectivity index (χ0) is 22.8. The lowest BCUT2D eigenvalue weighted by Crippen LogP contribution is -2.28. The van der Waals surface area contributed by atoms with E-state index in [9.17, 15) is 31.5 Å². The van der Waals surface area contributed by atoms with Crippen molar-refractivity contribution in [1.29, 1.82) is 0 Å². The highest BCUT2D eigenvalue weighted by molar-refractivity contribution is 7.91. The number of carbonyl (C=O) groups is 1. The molecule has 3 aromatic rings. The van der Waals surface area contributed by atoms with Crippen LogP contribution in [0.15, 0.2) is 41.3 Å². The van der Waals surface area contributed by atoms with E-state index in [1.807, 2.05) is 4.57 Å². The summed E-state index contributed by atoms with van der Waals surface area (Å²) in [5.41, 5.74) is 2.33. The maximum Gasteiger partial charge on any atom is 0.308 e. The van der Waals surface area contributed by atoms with Crippen LogP contribution in [-0.4, -0.2) is 29.8 Å². The van der Waals surface area contributed by atoms with Crippen molar-refractivity contribution in [1.82, 2.24) is 4.57 Å². The van der Waals surface area contributed by atoms with E-state index in [0.29, 0.717) is 29.3 Å². The van der Waals surface area contributed by atoms with E-state index in [-0.39, 0.29) is 17.9 Å². The maximum absolute atomic E-state index is 14.5. The third-order valence-electron chi connectivity index (χ3n) is 6.57. The summed E-state index contributed by atoms with van der Waals surface area (Å²) in [6, 6.07) is 8.30. The summed E-state index contributed by atoms with van der Waals surface area (Å²) in [6.45, 7) is 0.257. The Morgan fingerprint density at radius 1 is 1.19 bits per heavy atom. The van der Waals surface area contributed by atoms with Gasteiger partial charge in [0.15, 0.2) is 9.84 Å². The Morgan fingerprint density at radius 3 is 2.72 bits per heavy atom. The van der Waals surface area contributed by atoms with Gasteiger partial charge in [0.05, 0.1) is 16.6 Å². The number of carboxylic acid groups (broad SMARTS) is 1. The van der Waals surface area contributed by atoms with Crippen LogP contribution in [0.25, 0.3) is 10.9 Å². The predicted molar refractivity (Wildman–Crippen MR) is 111 cm³/mol. The van der Waals surface area contributed by atoms with E-state index in [0.717, 1.165) is 11.3 Å². The Kier molecular flexibility index (Phi) is 4.67. The summed E-state index contributed by atoms with van der Waals surface area (Å²) in [5, 5.41) is 10.0. The Morgan fingerprint density at radius 2 is 1.97 bits per heavy atom. The van der Waals surface area contributed by atoms with Crippen LogP contribution in [0.1, 0.15) is 35.2 Å². The van der Waals surface area contributed by atoms with Gasteiger partial charge in [-0.2, -0.15) is 0 Å². The largest absolute Gasteiger partial charge is 0.481 e. The van der Waals surface area contributed by atoms with Crippen LogP contribution in [0.2, 0.25) is 0 Å². The van der Waals surface area contributed by atoms with E-state index in [4.69, 9.17) is 0 Å². The van der Waals surface area contributed by atoms with Crippen LogP contribution in [0.5, 0.6) is 0 Å². The fourth-order valence-corrected chi connectivity index (χ4v) is 6.48. The van der Waals surface area contributed by atoms with Crippen LogP contribution in [0.4, 0.5) is 13.2 Å². The number of sulfone groups is 1. The van der Waals surface area contributed by atoms with Gasteiger partial charge in [-0.05, 0) is 60.7 Å². The molecule has 2 aromatic carbocycles. The average molecular weight is 463 g/mol. The molecule has 0 fully saturated rings. The summed E-state index contributed by atoms with van der Waals surface area (Å²) in [7, 11) is -3.75. The number of aliphatic carboxylic acids is 1. The van der Waals surface area contributed by atoms with Gasteiger partial charge in [-0.15, -0.1) is 0 Å². The number of benzene rings is 2. The molecule has 1 aromatic heterocycles. The zero-order valence-corrected chi connectivity index (χ0v) is 17.8. The fraction of sp³-hybridized carbons (Fsp3) is 0.348. The average Bonchev–Trinajstić information content (AvgIpc) is 3.03. The summed E-state index contributed by atoms with van der Waals surface area (Å²) < 4.78 is 69.5. The molecule has 0 saturated carbocycles. The molecule has 32 heavy (non-hydrogen) atoms. The van der Waals surface area contributed by atoms with Gasteiger partial charge < -0.3 is 9.67 Å². The number of halogens is 3. The van der Waals surface area contributed by atoms with E-state index in [1.165, 1.54) is 30.3 Å². The first-order valence-electron chi connectivity index (χ1n) is 10.3. The molecule has 5 rings (SSSR count). The van der Waals surface area contributed by atoms with Gasteiger partial charge in [0.1, 0.15) is 5.82 Å². The van der Waals surface area contributed by atoms with Gasteiger partial charge >= 0.3 is 5.97 Å². The van der Waals surface area contributed by atoms with Crippen molar-refractivity contribution in [2.75, 3.05) is 5.75 Å².